The Balaban J connectivity index is 2.43. The second kappa shape index (κ2) is 5.92. The number of hydrogen-bond donors (Lipinski definition) is 1. The van der Waals surface area contributed by atoms with Crippen molar-refractivity contribution in [2.75, 3.05) is 18.6 Å². The molecule has 1 heterocycles. The van der Waals surface area contributed by atoms with E-state index in [-0.39, 0.29) is 11.9 Å². The maximum Gasteiger partial charge on any atom is 0.141 e. The molecule has 0 saturated carbocycles. The van der Waals surface area contributed by atoms with Crippen LogP contribution in [0.15, 0.2) is 18.3 Å². The maximum atomic E-state index is 12.6. The average Bonchev–Trinajstić information content (AvgIpc) is 2.18. The van der Waals surface area contributed by atoms with Gasteiger partial charge in [0.2, 0.25) is 0 Å². The van der Waals surface area contributed by atoms with Gasteiger partial charge < -0.3 is 5.32 Å². The predicted molar refractivity (Wildman–Crippen MR) is 59.5 cm³/mol. The normalized spacial score (nSPS) is 14.9. The quantitative estimate of drug-likeness (QED) is 0.827. The first kappa shape index (κ1) is 12.3. The molecule has 0 spiro atoms. The Morgan fingerprint density at radius 3 is 2.87 bits per heavy atom. The molecule has 2 atom stereocenters. The van der Waals surface area contributed by atoms with Crippen LogP contribution in [-0.2, 0) is 10.8 Å². The smallest absolute Gasteiger partial charge is 0.141 e. The van der Waals surface area contributed by atoms with E-state index in [2.05, 4.69) is 10.3 Å². The van der Waals surface area contributed by atoms with Crippen molar-refractivity contribution in [2.24, 2.45) is 0 Å². The van der Waals surface area contributed by atoms with E-state index in [1.165, 1.54) is 12.3 Å². The third-order valence-electron chi connectivity index (χ3n) is 2.03. The Bertz CT molecular complexity index is 329. The zero-order valence-electron chi connectivity index (χ0n) is 8.87. The number of nitrogens with one attached hydrogen (secondary N) is 1. The van der Waals surface area contributed by atoms with Crippen LogP contribution in [-0.4, -0.2) is 27.7 Å². The number of nitrogens with zero attached hydrogens (tertiary/aromatic N) is 1. The highest BCUT2D eigenvalue weighted by Gasteiger charge is 2.05. The van der Waals surface area contributed by atoms with Gasteiger partial charge in [-0.05, 0) is 19.1 Å². The Hall–Kier alpha value is -0.810. The second-order valence-electron chi connectivity index (χ2n) is 3.35. The van der Waals surface area contributed by atoms with Crippen LogP contribution in [0.1, 0.15) is 18.7 Å². The van der Waals surface area contributed by atoms with Gasteiger partial charge in [0, 0.05) is 35.4 Å². The summed E-state index contributed by atoms with van der Waals surface area (Å²) in [6.45, 7) is 2.61. The van der Waals surface area contributed by atoms with E-state index >= 15 is 0 Å². The van der Waals surface area contributed by atoms with Crippen molar-refractivity contribution in [3.63, 3.8) is 0 Å². The number of aromatic nitrogens is 1. The molecule has 1 aromatic heterocycles. The van der Waals surface area contributed by atoms with Gasteiger partial charge in [0.25, 0.3) is 0 Å². The van der Waals surface area contributed by atoms with Gasteiger partial charge in [-0.15, -0.1) is 0 Å². The summed E-state index contributed by atoms with van der Waals surface area (Å²) in [4.78, 5) is 3.96. The largest absolute Gasteiger partial charge is 0.308 e. The summed E-state index contributed by atoms with van der Waals surface area (Å²) in [7, 11) is -0.785. The molecule has 3 nitrogen and oxygen atoms in total. The van der Waals surface area contributed by atoms with E-state index in [0.717, 1.165) is 5.69 Å². The first-order chi connectivity index (χ1) is 7.09. The van der Waals surface area contributed by atoms with Crippen LogP contribution in [0.25, 0.3) is 0 Å². The van der Waals surface area contributed by atoms with Crippen molar-refractivity contribution in [3.8, 4) is 0 Å². The number of pyridine rings is 1. The summed E-state index contributed by atoms with van der Waals surface area (Å²) >= 11 is 0. The number of hydrogen-bond acceptors (Lipinski definition) is 3. The minimum absolute atomic E-state index is 0.0501. The lowest BCUT2D eigenvalue weighted by Gasteiger charge is -2.12. The van der Waals surface area contributed by atoms with Gasteiger partial charge in [-0.2, -0.15) is 0 Å². The van der Waals surface area contributed by atoms with Crippen LogP contribution < -0.4 is 5.32 Å². The minimum atomic E-state index is -0.785. The molecule has 0 fully saturated rings. The fraction of sp³-hybridized carbons (Fsp3) is 0.500. The summed E-state index contributed by atoms with van der Waals surface area (Å²) in [5.74, 6) is 0.284. The molecular formula is C10H15FN2OS. The molecule has 84 valence electrons. The highest BCUT2D eigenvalue weighted by molar-refractivity contribution is 7.84. The lowest BCUT2D eigenvalue weighted by molar-refractivity contribution is 0.572. The monoisotopic (exact) mass is 230 g/mol. The van der Waals surface area contributed by atoms with E-state index in [1.54, 1.807) is 12.3 Å². The fourth-order valence-corrected chi connectivity index (χ4v) is 1.57. The molecule has 0 aliphatic carbocycles. The topological polar surface area (TPSA) is 42.0 Å². The number of rotatable bonds is 5. The maximum absolute atomic E-state index is 12.6. The van der Waals surface area contributed by atoms with Crippen molar-refractivity contribution in [2.45, 2.75) is 13.0 Å². The summed E-state index contributed by atoms with van der Waals surface area (Å²) in [6, 6.07) is 3.09. The first-order valence-corrected chi connectivity index (χ1v) is 6.47. The average molecular weight is 230 g/mol. The molecular weight excluding hydrogens is 215 g/mol. The Labute approximate surface area is 91.6 Å². The molecule has 0 aliphatic heterocycles. The van der Waals surface area contributed by atoms with Gasteiger partial charge in [0.15, 0.2) is 0 Å². The highest BCUT2D eigenvalue weighted by Crippen LogP contribution is 2.08. The van der Waals surface area contributed by atoms with Crippen LogP contribution in [0.4, 0.5) is 4.39 Å². The van der Waals surface area contributed by atoms with Crippen LogP contribution >= 0.6 is 0 Å². The standard InChI is InChI=1S/C10H15FN2OS/c1-8(12-5-6-15(2)14)10-4-3-9(11)7-13-10/h3-4,7-8,12H,5-6H2,1-2H3. The molecule has 5 heteroatoms. The van der Waals surface area contributed by atoms with Crippen molar-refractivity contribution >= 4 is 10.8 Å². The van der Waals surface area contributed by atoms with E-state index in [1.807, 2.05) is 6.92 Å². The predicted octanol–water partition coefficient (Wildman–Crippen LogP) is 1.25. The highest BCUT2D eigenvalue weighted by atomic mass is 32.2. The van der Waals surface area contributed by atoms with Gasteiger partial charge in [0.05, 0.1) is 11.9 Å². The minimum Gasteiger partial charge on any atom is -0.308 e. The Kier molecular flexibility index (Phi) is 4.84. The lowest BCUT2D eigenvalue weighted by Crippen LogP contribution is -2.24. The molecule has 2 unspecified atom stereocenters. The molecule has 15 heavy (non-hydrogen) atoms. The molecule has 0 radical (unpaired) electrons. The van der Waals surface area contributed by atoms with Crippen LogP contribution in [0.5, 0.6) is 0 Å². The van der Waals surface area contributed by atoms with Crippen molar-refractivity contribution in [3.05, 3.63) is 29.8 Å². The van der Waals surface area contributed by atoms with Gasteiger partial charge in [-0.25, -0.2) is 4.39 Å². The fourth-order valence-electron chi connectivity index (χ4n) is 1.17. The molecule has 0 amide bonds. The second-order valence-corrected chi connectivity index (χ2v) is 4.91. The van der Waals surface area contributed by atoms with Crippen molar-refractivity contribution < 1.29 is 8.60 Å². The SMILES string of the molecule is CC(NCCS(C)=O)c1ccc(F)cn1. The van der Waals surface area contributed by atoms with Gasteiger partial charge in [-0.3, -0.25) is 9.19 Å². The van der Waals surface area contributed by atoms with Crippen LogP contribution in [0.3, 0.4) is 0 Å². The first-order valence-electron chi connectivity index (χ1n) is 4.74. The van der Waals surface area contributed by atoms with E-state index in [9.17, 15) is 8.60 Å². The summed E-state index contributed by atoms with van der Waals surface area (Å²) in [5, 5.41) is 3.17. The lowest BCUT2D eigenvalue weighted by atomic mass is 10.2. The molecule has 1 rings (SSSR count). The summed E-state index contributed by atoms with van der Waals surface area (Å²) in [5.41, 5.74) is 0.790. The van der Waals surface area contributed by atoms with Crippen LogP contribution in [0.2, 0.25) is 0 Å². The van der Waals surface area contributed by atoms with Gasteiger partial charge in [0.1, 0.15) is 5.82 Å². The third kappa shape index (κ3) is 4.48. The summed E-state index contributed by atoms with van der Waals surface area (Å²) in [6.07, 6.45) is 2.87. The van der Waals surface area contributed by atoms with E-state index < -0.39 is 10.8 Å². The number of halogens is 1. The van der Waals surface area contributed by atoms with Gasteiger partial charge >= 0.3 is 0 Å². The zero-order valence-corrected chi connectivity index (χ0v) is 9.68. The Morgan fingerprint density at radius 1 is 1.60 bits per heavy atom. The molecule has 0 aromatic carbocycles. The van der Waals surface area contributed by atoms with E-state index in [0.29, 0.717) is 12.3 Å². The van der Waals surface area contributed by atoms with Gasteiger partial charge in [-0.1, -0.05) is 0 Å². The Morgan fingerprint density at radius 2 is 2.33 bits per heavy atom. The molecule has 0 bridgehead atoms. The van der Waals surface area contributed by atoms with Crippen molar-refractivity contribution in [1.29, 1.82) is 0 Å². The molecule has 1 aromatic rings. The third-order valence-corrected chi connectivity index (χ3v) is 2.81. The molecule has 0 saturated heterocycles. The van der Waals surface area contributed by atoms with E-state index in [4.69, 9.17) is 0 Å². The zero-order chi connectivity index (χ0) is 11.3. The van der Waals surface area contributed by atoms with Crippen molar-refractivity contribution in [1.82, 2.24) is 10.3 Å². The molecule has 1 N–H and O–H groups in total. The van der Waals surface area contributed by atoms with Crippen LogP contribution in [0, 0.1) is 5.82 Å². The summed E-state index contributed by atoms with van der Waals surface area (Å²) < 4.78 is 23.4. The molecule has 0 aliphatic rings.